The highest BCUT2D eigenvalue weighted by Crippen LogP contribution is 2.14. The van der Waals surface area contributed by atoms with Crippen LogP contribution in [-0.2, 0) is 4.79 Å². The SMILES string of the molecule is CB(O)N1CC(=CCC=O)C1. The van der Waals surface area contributed by atoms with E-state index in [1.807, 2.05) is 10.9 Å². The summed E-state index contributed by atoms with van der Waals surface area (Å²) in [5.41, 5.74) is 1.25. The van der Waals surface area contributed by atoms with Crippen LogP contribution < -0.4 is 0 Å². The van der Waals surface area contributed by atoms with Crippen LogP contribution in [0, 0.1) is 0 Å². The summed E-state index contributed by atoms with van der Waals surface area (Å²) in [5.74, 6) is 0. The van der Waals surface area contributed by atoms with Gasteiger partial charge in [-0.25, -0.2) is 0 Å². The van der Waals surface area contributed by atoms with Crippen molar-refractivity contribution in [2.75, 3.05) is 13.1 Å². The third kappa shape index (κ3) is 2.17. The summed E-state index contributed by atoms with van der Waals surface area (Å²) in [6.07, 6.45) is 3.31. The Balaban J connectivity index is 2.23. The van der Waals surface area contributed by atoms with Crippen LogP contribution in [-0.4, -0.2) is 36.3 Å². The maximum absolute atomic E-state index is 9.96. The maximum atomic E-state index is 9.96. The summed E-state index contributed by atoms with van der Waals surface area (Å²) in [6, 6.07) is 0. The van der Waals surface area contributed by atoms with Gasteiger partial charge in [0.1, 0.15) is 6.29 Å². The van der Waals surface area contributed by atoms with Crippen LogP contribution in [0.2, 0.25) is 6.82 Å². The van der Waals surface area contributed by atoms with Gasteiger partial charge in [0, 0.05) is 19.5 Å². The predicted molar refractivity (Wildman–Crippen MR) is 44.2 cm³/mol. The lowest BCUT2D eigenvalue weighted by molar-refractivity contribution is -0.107. The summed E-state index contributed by atoms with van der Waals surface area (Å²) in [7, 11) is -0.358. The van der Waals surface area contributed by atoms with E-state index in [1.54, 1.807) is 6.82 Å². The molecule has 0 unspecified atom stereocenters. The highest BCUT2D eigenvalue weighted by molar-refractivity contribution is 6.45. The van der Waals surface area contributed by atoms with Crippen molar-refractivity contribution in [2.45, 2.75) is 13.2 Å². The molecule has 60 valence electrons. The Labute approximate surface area is 66.8 Å². The van der Waals surface area contributed by atoms with Crippen molar-refractivity contribution >= 4 is 13.3 Å². The number of aldehydes is 1. The minimum Gasteiger partial charge on any atom is -0.437 e. The first kappa shape index (κ1) is 8.49. The topological polar surface area (TPSA) is 40.5 Å². The van der Waals surface area contributed by atoms with E-state index < -0.39 is 0 Å². The summed E-state index contributed by atoms with van der Waals surface area (Å²) >= 11 is 0. The molecule has 0 aromatic rings. The molecule has 1 saturated heterocycles. The molecule has 1 heterocycles. The number of hydrogen-bond acceptors (Lipinski definition) is 3. The van der Waals surface area contributed by atoms with E-state index >= 15 is 0 Å². The van der Waals surface area contributed by atoms with Crippen LogP contribution >= 0.6 is 0 Å². The van der Waals surface area contributed by atoms with E-state index in [2.05, 4.69) is 0 Å². The molecule has 3 nitrogen and oxygen atoms in total. The first-order valence-electron chi connectivity index (χ1n) is 3.77. The van der Waals surface area contributed by atoms with E-state index in [0.717, 1.165) is 19.4 Å². The Hall–Kier alpha value is -0.605. The van der Waals surface area contributed by atoms with Gasteiger partial charge in [0.15, 0.2) is 0 Å². The van der Waals surface area contributed by atoms with Crippen molar-refractivity contribution in [3.63, 3.8) is 0 Å². The molecule has 1 aliphatic rings. The lowest BCUT2D eigenvalue weighted by atomic mass is 9.80. The molecule has 0 atom stereocenters. The van der Waals surface area contributed by atoms with Gasteiger partial charge in [-0.2, -0.15) is 0 Å². The second-order valence-electron chi connectivity index (χ2n) is 2.80. The van der Waals surface area contributed by atoms with Crippen LogP contribution in [0.15, 0.2) is 11.6 Å². The molecule has 0 spiro atoms. The zero-order valence-corrected chi connectivity index (χ0v) is 6.66. The highest BCUT2D eigenvalue weighted by Gasteiger charge is 2.25. The van der Waals surface area contributed by atoms with Gasteiger partial charge in [-0.3, -0.25) is 0 Å². The monoisotopic (exact) mass is 153 g/mol. The molecule has 0 bridgehead atoms. The first-order valence-corrected chi connectivity index (χ1v) is 3.77. The van der Waals surface area contributed by atoms with Crippen LogP contribution in [0.5, 0.6) is 0 Å². The van der Waals surface area contributed by atoms with Crippen LogP contribution in [0.3, 0.4) is 0 Å². The van der Waals surface area contributed by atoms with Gasteiger partial charge in [0.25, 0.3) is 0 Å². The summed E-state index contributed by atoms with van der Waals surface area (Å²) in [4.78, 5) is 11.9. The van der Waals surface area contributed by atoms with Gasteiger partial charge in [-0.15, -0.1) is 0 Å². The largest absolute Gasteiger partial charge is 0.437 e. The van der Waals surface area contributed by atoms with E-state index in [0.29, 0.717) is 6.42 Å². The fraction of sp³-hybridized carbons (Fsp3) is 0.571. The van der Waals surface area contributed by atoms with Crippen molar-refractivity contribution in [1.82, 2.24) is 4.81 Å². The number of nitrogens with zero attached hydrogens (tertiary/aromatic N) is 1. The molecule has 0 aromatic carbocycles. The molecule has 0 radical (unpaired) electrons. The third-order valence-corrected chi connectivity index (χ3v) is 1.84. The maximum Gasteiger partial charge on any atom is 0.376 e. The lowest BCUT2D eigenvalue weighted by Crippen LogP contribution is -2.48. The average molecular weight is 153 g/mol. The molecule has 0 aliphatic carbocycles. The van der Waals surface area contributed by atoms with Gasteiger partial charge in [0.2, 0.25) is 0 Å². The molecular weight excluding hydrogens is 141 g/mol. The molecular formula is C7H12BNO2. The Bertz CT molecular complexity index is 171. The van der Waals surface area contributed by atoms with Crippen molar-refractivity contribution in [3.05, 3.63) is 11.6 Å². The van der Waals surface area contributed by atoms with Crippen molar-refractivity contribution in [2.24, 2.45) is 0 Å². The van der Waals surface area contributed by atoms with E-state index in [9.17, 15) is 4.79 Å². The Morgan fingerprint density at radius 1 is 1.73 bits per heavy atom. The lowest BCUT2D eigenvalue weighted by Gasteiger charge is -2.34. The molecule has 4 heteroatoms. The Morgan fingerprint density at radius 2 is 2.36 bits per heavy atom. The second-order valence-corrected chi connectivity index (χ2v) is 2.80. The second kappa shape index (κ2) is 3.69. The predicted octanol–water partition coefficient (Wildman–Crippen LogP) is -0.0723. The third-order valence-electron chi connectivity index (χ3n) is 1.84. The molecule has 11 heavy (non-hydrogen) atoms. The summed E-state index contributed by atoms with van der Waals surface area (Å²) in [6.45, 7) is 3.37. The molecule has 0 amide bonds. The van der Waals surface area contributed by atoms with Crippen LogP contribution in [0.1, 0.15) is 6.42 Å². The number of rotatable bonds is 3. The van der Waals surface area contributed by atoms with E-state index in [-0.39, 0.29) is 7.05 Å². The van der Waals surface area contributed by atoms with Gasteiger partial charge < -0.3 is 14.6 Å². The smallest absolute Gasteiger partial charge is 0.376 e. The number of hydrogen-bond donors (Lipinski definition) is 1. The zero-order chi connectivity index (χ0) is 8.27. The van der Waals surface area contributed by atoms with Crippen LogP contribution in [0.4, 0.5) is 0 Å². The van der Waals surface area contributed by atoms with Gasteiger partial charge in [-0.05, 0) is 12.4 Å². The van der Waals surface area contributed by atoms with Gasteiger partial charge >= 0.3 is 7.05 Å². The molecule has 1 fully saturated rings. The molecule has 1 aliphatic heterocycles. The number of allylic oxidation sites excluding steroid dienone is 1. The standard InChI is InChI=1S/C7H12BNO2/c1-8(11)9-5-7(6-9)3-2-4-10/h3-4,11H,2,5-6H2,1H3. The molecule has 0 aromatic heterocycles. The molecule has 0 saturated carbocycles. The van der Waals surface area contributed by atoms with Crippen molar-refractivity contribution in [1.29, 1.82) is 0 Å². The Morgan fingerprint density at radius 3 is 2.82 bits per heavy atom. The minimum atomic E-state index is -0.358. The molecule has 1 N–H and O–H groups in total. The highest BCUT2D eigenvalue weighted by atomic mass is 16.2. The van der Waals surface area contributed by atoms with Gasteiger partial charge in [-0.1, -0.05) is 6.08 Å². The van der Waals surface area contributed by atoms with E-state index in [4.69, 9.17) is 5.02 Å². The fourth-order valence-corrected chi connectivity index (χ4v) is 1.08. The summed E-state index contributed by atoms with van der Waals surface area (Å²) < 4.78 is 0. The van der Waals surface area contributed by atoms with Crippen molar-refractivity contribution < 1.29 is 9.82 Å². The Kier molecular flexibility index (Phi) is 2.85. The normalized spacial score (nSPS) is 17.5. The minimum absolute atomic E-state index is 0.358. The van der Waals surface area contributed by atoms with E-state index in [1.165, 1.54) is 5.57 Å². The average Bonchev–Trinajstić information content (AvgIpc) is 1.84. The number of carbonyl (C=O) groups excluding carboxylic acids is 1. The summed E-state index contributed by atoms with van der Waals surface area (Å²) in [5, 5.41) is 9.04. The quantitative estimate of drug-likeness (QED) is 0.350. The van der Waals surface area contributed by atoms with Crippen molar-refractivity contribution in [3.8, 4) is 0 Å². The number of carbonyl (C=O) groups is 1. The van der Waals surface area contributed by atoms with Crippen LogP contribution in [0.25, 0.3) is 0 Å². The van der Waals surface area contributed by atoms with Gasteiger partial charge in [0.05, 0.1) is 0 Å². The first-order chi connectivity index (χ1) is 5.24. The molecule has 1 rings (SSSR count). The fourth-order valence-electron chi connectivity index (χ4n) is 1.08. The zero-order valence-electron chi connectivity index (χ0n) is 6.66.